The van der Waals surface area contributed by atoms with Crippen LogP contribution in [-0.4, -0.2) is 16.5 Å². The van der Waals surface area contributed by atoms with E-state index in [0.717, 1.165) is 23.1 Å². The molecule has 2 atom stereocenters. The van der Waals surface area contributed by atoms with Crippen LogP contribution in [0.25, 0.3) is 0 Å². The van der Waals surface area contributed by atoms with Gasteiger partial charge in [0.1, 0.15) is 11.8 Å². The van der Waals surface area contributed by atoms with Crippen LogP contribution in [0.1, 0.15) is 39.0 Å². The number of hydrogen-bond acceptors (Lipinski definition) is 3. The Labute approximate surface area is 101 Å². The van der Waals surface area contributed by atoms with Crippen molar-refractivity contribution in [3.8, 4) is 0 Å². The first-order chi connectivity index (χ1) is 7.63. The Balaban J connectivity index is 2.04. The molecule has 0 saturated carbocycles. The van der Waals surface area contributed by atoms with Crippen LogP contribution in [0.15, 0.2) is 27.8 Å². The molecule has 0 radical (unpaired) electrons. The van der Waals surface area contributed by atoms with Gasteiger partial charge in [-0.15, -0.1) is 0 Å². The molecule has 0 spiro atoms. The molecule has 0 amide bonds. The summed E-state index contributed by atoms with van der Waals surface area (Å²) in [5, 5.41) is 4.52. The molecule has 0 bridgehead atoms. The van der Waals surface area contributed by atoms with E-state index >= 15 is 0 Å². The van der Waals surface area contributed by atoms with Gasteiger partial charge in [0.15, 0.2) is 5.17 Å². The minimum Gasteiger partial charge on any atom is -0.467 e. The van der Waals surface area contributed by atoms with Gasteiger partial charge in [-0.1, -0.05) is 18.7 Å². The maximum absolute atomic E-state index is 5.34. The molecule has 2 rings (SSSR count). The second-order valence-corrected chi connectivity index (χ2v) is 5.42. The average molecular weight is 238 g/mol. The highest BCUT2D eigenvalue weighted by Crippen LogP contribution is 2.28. The van der Waals surface area contributed by atoms with E-state index in [-0.39, 0.29) is 11.6 Å². The summed E-state index contributed by atoms with van der Waals surface area (Å²) in [6.45, 7) is 6.49. The molecule has 1 fully saturated rings. The Morgan fingerprint density at radius 1 is 1.69 bits per heavy atom. The summed E-state index contributed by atoms with van der Waals surface area (Å²) >= 11 is 1.80. The van der Waals surface area contributed by atoms with Gasteiger partial charge in [0, 0.05) is 11.3 Å². The van der Waals surface area contributed by atoms with E-state index in [9.17, 15) is 0 Å². The summed E-state index contributed by atoms with van der Waals surface area (Å²) in [5.41, 5.74) is 0.201. The Bertz CT molecular complexity index is 374. The van der Waals surface area contributed by atoms with E-state index < -0.39 is 0 Å². The lowest BCUT2D eigenvalue weighted by Gasteiger charge is -2.21. The third kappa shape index (κ3) is 2.43. The van der Waals surface area contributed by atoms with Crippen LogP contribution in [0.2, 0.25) is 0 Å². The second-order valence-electron chi connectivity index (χ2n) is 4.45. The fourth-order valence-corrected chi connectivity index (χ4v) is 2.87. The van der Waals surface area contributed by atoms with Crippen LogP contribution in [0.3, 0.4) is 0 Å². The summed E-state index contributed by atoms with van der Waals surface area (Å²) in [5.74, 6) is 2.01. The summed E-state index contributed by atoms with van der Waals surface area (Å²) in [6.07, 6.45) is 2.81. The predicted octanol–water partition coefficient (Wildman–Crippen LogP) is 3.20. The lowest BCUT2D eigenvalue weighted by molar-refractivity contribution is 0.460. The van der Waals surface area contributed by atoms with Crippen LogP contribution in [0, 0.1) is 0 Å². The number of thioether (sulfide) groups is 1. The van der Waals surface area contributed by atoms with Gasteiger partial charge in [0.25, 0.3) is 0 Å². The number of nitrogens with zero attached hydrogens (tertiary/aromatic N) is 1. The van der Waals surface area contributed by atoms with E-state index in [1.807, 2.05) is 12.1 Å². The lowest BCUT2D eigenvalue weighted by Crippen LogP contribution is -2.39. The van der Waals surface area contributed by atoms with Gasteiger partial charge >= 0.3 is 0 Å². The normalized spacial score (nSPS) is 29.3. The van der Waals surface area contributed by atoms with Crippen LogP contribution in [-0.2, 0) is 0 Å². The van der Waals surface area contributed by atoms with Gasteiger partial charge in [-0.3, -0.25) is 4.99 Å². The van der Waals surface area contributed by atoms with Gasteiger partial charge in [-0.25, -0.2) is 0 Å². The van der Waals surface area contributed by atoms with Crippen molar-refractivity contribution in [2.24, 2.45) is 4.99 Å². The number of furan rings is 1. The molecule has 1 saturated heterocycles. The first-order valence-electron chi connectivity index (χ1n) is 5.65. The Morgan fingerprint density at radius 2 is 2.50 bits per heavy atom. The minimum absolute atomic E-state index is 0.0872. The lowest BCUT2D eigenvalue weighted by atomic mass is 10.0. The average Bonchev–Trinajstić information content (AvgIpc) is 2.88. The fourth-order valence-electron chi connectivity index (χ4n) is 1.59. The van der Waals surface area contributed by atoms with Crippen molar-refractivity contribution in [3.63, 3.8) is 0 Å². The quantitative estimate of drug-likeness (QED) is 0.878. The van der Waals surface area contributed by atoms with Gasteiger partial charge in [0.2, 0.25) is 0 Å². The van der Waals surface area contributed by atoms with Crippen molar-refractivity contribution in [2.75, 3.05) is 5.75 Å². The van der Waals surface area contributed by atoms with Gasteiger partial charge in [-0.2, -0.15) is 0 Å². The molecule has 16 heavy (non-hydrogen) atoms. The van der Waals surface area contributed by atoms with Crippen molar-refractivity contribution in [1.29, 1.82) is 0 Å². The largest absolute Gasteiger partial charge is 0.467 e. The Hall–Kier alpha value is -0.900. The molecule has 2 unspecified atom stereocenters. The molecule has 2 heterocycles. The highest BCUT2D eigenvalue weighted by molar-refractivity contribution is 8.14. The molecule has 0 aromatic carbocycles. The van der Waals surface area contributed by atoms with E-state index in [4.69, 9.17) is 4.42 Å². The van der Waals surface area contributed by atoms with Crippen LogP contribution in [0.4, 0.5) is 0 Å². The third-order valence-electron chi connectivity index (χ3n) is 2.98. The summed E-state index contributed by atoms with van der Waals surface area (Å²) in [7, 11) is 0. The monoisotopic (exact) mass is 238 g/mol. The second kappa shape index (κ2) is 4.53. The van der Waals surface area contributed by atoms with Crippen LogP contribution < -0.4 is 5.32 Å². The molecular weight excluding hydrogens is 220 g/mol. The zero-order chi connectivity index (χ0) is 11.6. The number of aliphatic imine (C=N–C) groups is 1. The molecule has 1 aromatic rings. The van der Waals surface area contributed by atoms with Crippen molar-refractivity contribution in [2.45, 2.75) is 38.8 Å². The van der Waals surface area contributed by atoms with Crippen molar-refractivity contribution < 1.29 is 4.42 Å². The van der Waals surface area contributed by atoms with Gasteiger partial charge in [0.05, 0.1) is 6.26 Å². The minimum atomic E-state index is 0.0872. The molecular formula is C12H18N2OS. The zero-order valence-corrected chi connectivity index (χ0v) is 10.8. The molecule has 1 aromatic heterocycles. The molecule has 1 N–H and O–H groups in total. The maximum atomic E-state index is 5.34. The first-order valence-corrected chi connectivity index (χ1v) is 6.64. The predicted molar refractivity (Wildman–Crippen MR) is 68.8 cm³/mol. The molecule has 4 heteroatoms. The van der Waals surface area contributed by atoms with Crippen molar-refractivity contribution in [3.05, 3.63) is 24.2 Å². The first kappa shape index (κ1) is 11.6. The van der Waals surface area contributed by atoms with Crippen molar-refractivity contribution >= 4 is 16.9 Å². The Morgan fingerprint density at radius 3 is 3.06 bits per heavy atom. The standard InChI is InChI=1S/C12H18N2OS/c1-4-12(3)8-16-11(14-12)13-9(2)10-6-5-7-15-10/h5-7,9H,4,8H2,1-3H3,(H,13,14). The number of amidine groups is 1. The fraction of sp³-hybridized carbons (Fsp3) is 0.583. The summed E-state index contributed by atoms with van der Waals surface area (Å²) in [6, 6.07) is 3.95. The van der Waals surface area contributed by atoms with E-state index in [1.54, 1.807) is 18.0 Å². The van der Waals surface area contributed by atoms with Gasteiger partial charge < -0.3 is 9.73 Å². The molecule has 1 aliphatic heterocycles. The van der Waals surface area contributed by atoms with Crippen LogP contribution >= 0.6 is 11.8 Å². The highest BCUT2D eigenvalue weighted by atomic mass is 32.2. The van der Waals surface area contributed by atoms with Crippen LogP contribution in [0.5, 0.6) is 0 Å². The van der Waals surface area contributed by atoms with E-state index in [0.29, 0.717) is 0 Å². The molecule has 3 nitrogen and oxygen atoms in total. The SMILES string of the molecule is CCC1(C)CSC(=NC(C)c2ccco2)N1. The summed E-state index contributed by atoms with van der Waals surface area (Å²) < 4.78 is 5.34. The van der Waals surface area contributed by atoms with E-state index in [2.05, 4.69) is 31.1 Å². The summed E-state index contributed by atoms with van der Waals surface area (Å²) in [4.78, 5) is 4.64. The van der Waals surface area contributed by atoms with Crippen molar-refractivity contribution in [1.82, 2.24) is 5.32 Å². The highest BCUT2D eigenvalue weighted by Gasteiger charge is 2.30. The van der Waals surface area contributed by atoms with E-state index in [1.165, 1.54) is 0 Å². The molecule has 0 aliphatic carbocycles. The maximum Gasteiger partial charge on any atom is 0.157 e. The zero-order valence-electron chi connectivity index (χ0n) is 9.99. The Kier molecular flexibility index (Phi) is 3.28. The molecule has 88 valence electrons. The molecule has 1 aliphatic rings. The number of hydrogen-bond donors (Lipinski definition) is 1. The van der Waals surface area contributed by atoms with Gasteiger partial charge in [-0.05, 0) is 32.4 Å². The third-order valence-corrected chi connectivity index (χ3v) is 4.24. The number of rotatable bonds is 3. The topological polar surface area (TPSA) is 37.5 Å². The number of nitrogens with one attached hydrogen (secondary N) is 1. The smallest absolute Gasteiger partial charge is 0.157 e.